The third-order valence-electron chi connectivity index (χ3n) is 3.00. The van der Waals surface area contributed by atoms with Crippen molar-refractivity contribution in [2.45, 2.75) is 34.1 Å². The molecule has 3 heteroatoms. The van der Waals surface area contributed by atoms with Crippen molar-refractivity contribution in [1.29, 1.82) is 0 Å². The van der Waals surface area contributed by atoms with Crippen LogP contribution in [0.2, 0.25) is 0 Å². The Morgan fingerprint density at radius 2 is 2.05 bits per heavy atom. The number of hydrogen-bond donors (Lipinski definition) is 1. The monoisotopic (exact) mass is 327 g/mol. The molecule has 0 radical (unpaired) electrons. The second-order valence-electron chi connectivity index (χ2n) is 6.24. The van der Waals surface area contributed by atoms with Crippen LogP contribution in [0.1, 0.15) is 34.1 Å². The fourth-order valence-electron chi connectivity index (χ4n) is 1.79. The van der Waals surface area contributed by atoms with E-state index in [0.29, 0.717) is 5.92 Å². The minimum absolute atomic E-state index is 0.265. The summed E-state index contributed by atoms with van der Waals surface area (Å²) in [4.78, 5) is 0. The first kappa shape index (κ1) is 16.5. The summed E-state index contributed by atoms with van der Waals surface area (Å²) in [7, 11) is 0. The summed E-state index contributed by atoms with van der Waals surface area (Å²) in [6, 6.07) is 8.00. The van der Waals surface area contributed by atoms with E-state index in [1.807, 2.05) is 24.3 Å². The van der Waals surface area contributed by atoms with Crippen molar-refractivity contribution in [3.63, 3.8) is 0 Å². The first-order valence-corrected chi connectivity index (χ1v) is 7.77. The second kappa shape index (κ2) is 7.91. The zero-order valence-corrected chi connectivity index (χ0v) is 14.1. The van der Waals surface area contributed by atoms with Crippen LogP contribution in [0.3, 0.4) is 0 Å². The number of hydrogen-bond acceptors (Lipinski definition) is 2. The molecule has 0 atom stereocenters. The zero-order chi connectivity index (χ0) is 14.3. The van der Waals surface area contributed by atoms with E-state index in [1.54, 1.807) is 0 Å². The lowest BCUT2D eigenvalue weighted by molar-refractivity contribution is 0.221. The molecule has 1 aromatic carbocycles. The smallest absolute Gasteiger partial charge is 0.120 e. The number of nitrogens with one attached hydrogen (secondary N) is 1. The highest BCUT2D eigenvalue weighted by Crippen LogP contribution is 2.22. The van der Waals surface area contributed by atoms with Crippen LogP contribution >= 0.6 is 15.9 Å². The summed E-state index contributed by atoms with van der Waals surface area (Å²) >= 11 is 3.45. The SMILES string of the molecule is CC(C)CNCC(C)(C)CCOc1cccc(Br)c1. The summed E-state index contributed by atoms with van der Waals surface area (Å²) in [5.41, 5.74) is 0.265. The fourth-order valence-corrected chi connectivity index (χ4v) is 2.17. The average Bonchev–Trinajstić information content (AvgIpc) is 2.27. The van der Waals surface area contributed by atoms with Gasteiger partial charge in [0.25, 0.3) is 0 Å². The van der Waals surface area contributed by atoms with E-state index in [4.69, 9.17) is 4.74 Å². The molecular formula is C16H26BrNO. The van der Waals surface area contributed by atoms with Crippen molar-refractivity contribution < 1.29 is 4.74 Å². The Bertz CT molecular complexity index is 377. The van der Waals surface area contributed by atoms with Gasteiger partial charge in [-0.1, -0.05) is 49.7 Å². The van der Waals surface area contributed by atoms with Gasteiger partial charge in [-0.2, -0.15) is 0 Å². The zero-order valence-electron chi connectivity index (χ0n) is 12.5. The molecular weight excluding hydrogens is 302 g/mol. The fraction of sp³-hybridized carbons (Fsp3) is 0.625. The molecule has 0 spiro atoms. The van der Waals surface area contributed by atoms with Gasteiger partial charge >= 0.3 is 0 Å². The lowest BCUT2D eigenvalue weighted by Crippen LogP contribution is -2.32. The van der Waals surface area contributed by atoms with Gasteiger partial charge in [-0.15, -0.1) is 0 Å². The van der Waals surface area contributed by atoms with Gasteiger partial charge in [-0.25, -0.2) is 0 Å². The first-order chi connectivity index (χ1) is 8.89. The molecule has 1 N–H and O–H groups in total. The van der Waals surface area contributed by atoms with Gasteiger partial charge in [-0.05, 0) is 42.5 Å². The van der Waals surface area contributed by atoms with Crippen molar-refractivity contribution in [1.82, 2.24) is 5.32 Å². The number of ether oxygens (including phenoxy) is 1. The largest absolute Gasteiger partial charge is 0.494 e. The van der Waals surface area contributed by atoms with Crippen LogP contribution in [0.5, 0.6) is 5.75 Å². The summed E-state index contributed by atoms with van der Waals surface area (Å²) in [6.45, 7) is 11.9. The first-order valence-electron chi connectivity index (χ1n) is 6.98. The van der Waals surface area contributed by atoms with Gasteiger partial charge in [-0.3, -0.25) is 0 Å². The van der Waals surface area contributed by atoms with E-state index in [2.05, 4.69) is 48.9 Å². The molecule has 0 amide bonds. The molecule has 108 valence electrons. The quantitative estimate of drug-likeness (QED) is 0.759. The van der Waals surface area contributed by atoms with Crippen molar-refractivity contribution in [2.75, 3.05) is 19.7 Å². The molecule has 0 bridgehead atoms. The molecule has 0 saturated carbocycles. The normalized spacial score (nSPS) is 11.9. The highest BCUT2D eigenvalue weighted by molar-refractivity contribution is 9.10. The van der Waals surface area contributed by atoms with E-state index in [9.17, 15) is 0 Å². The van der Waals surface area contributed by atoms with Crippen molar-refractivity contribution in [2.24, 2.45) is 11.3 Å². The summed E-state index contributed by atoms with van der Waals surface area (Å²) in [5.74, 6) is 1.63. The van der Waals surface area contributed by atoms with Gasteiger partial charge < -0.3 is 10.1 Å². The number of benzene rings is 1. The van der Waals surface area contributed by atoms with E-state index in [1.165, 1.54) is 0 Å². The Morgan fingerprint density at radius 1 is 1.32 bits per heavy atom. The molecule has 0 fully saturated rings. The van der Waals surface area contributed by atoms with E-state index in [-0.39, 0.29) is 5.41 Å². The van der Waals surface area contributed by atoms with Crippen molar-refractivity contribution >= 4 is 15.9 Å². The predicted octanol–water partition coefficient (Wildman–Crippen LogP) is 4.49. The summed E-state index contributed by atoms with van der Waals surface area (Å²) in [6.07, 6.45) is 1.05. The van der Waals surface area contributed by atoms with Crippen molar-refractivity contribution in [3.05, 3.63) is 28.7 Å². The van der Waals surface area contributed by atoms with Gasteiger partial charge in [0, 0.05) is 11.0 Å². The molecule has 0 unspecified atom stereocenters. The Kier molecular flexibility index (Phi) is 6.87. The second-order valence-corrected chi connectivity index (χ2v) is 7.16. The summed E-state index contributed by atoms with van der Waals surface area (Å²) in [5, 5.41) is 3.52. The van der Waals surface area contributed by atoms with E-state index < -0.39 is 0 Å². The lowest BCUT2D eigenvalue weighted by Gasteiger charge is -2.25. The van der Waals surface area contributed by atoms with Gasteiger partial charge in [0.2, 0.25) is 0 Å². The maximum atomic E-state index is 5.79. The van der Waals surface area contributed by atoms with Gasteiger partial charge in [0.05, 0.1) is 6.61 Å². The summed E-state index contributed by atoms with van der Waals surface area (Å²) < 4.78 is 6.85. The standard InChI is InChI=1S/C16H26BrNO/c1-13(2)11-18-12-16(3,4)8-9-19-15-7-5-6-14(17)10-15/h5-7,10,13,18H,8-9,11-12H2,1-4H3. The molecule has 0 saturated heterocycles. The Labute approximate surface area is 126 Å². The highest BCUT2D eigenvalue weighted by atomic mass is 79.9. The van der Waals surface area contributed by atoms with Gasteiger partial charge in [0.15, 0.2) is 0 Å². The number of halogens is 1. The molecule has 0 aliphatic rings. The third kappa shape index (κ3) is 7.58. The Morgan fingerprint density at radius 3 is 2.68 bits per heavy atom. The number of rotatable bonds is 8. The van der Waals surface area contributed by atoms with Crippen LogP contribution in [-0.2, 0) is 0 Å². The molecule has 0 aromatic heterocycles. The van der Waals surface area contributed by atoms with Crippen molar-refractivity contribution in [3.8, 4) is 5.75 Å². The van der Waals surface area contributed by atoms with Crippen LogP contribution in [0.15, 0.2) is 28.7 Å². The average molecular weight is 328 g/mol. The highest BCUT2D eigenvalue weighted by Gasteiger charge is 2.17. The van der Waals surface area contributed by atoms with E-state index in [0.717, 1.165) is 36.3 Å². The minimum atomic E-state index is 0.265. The molecule has 0 heterocycles. The molecule has 19 heavy (non-hydrogen) atoms. The maximum absolute atomic E-state index is 5.79. The Balaban J connectivity index is 2.27. The maximum Gasteiger partial charge on any atom is 0.120 e. The topological polar surface area (TPSA) is 21.3 Å². The van der Waals surface area contributed by atoms with Crippen LogP contribution in [0.25, 0.3) is 0 Å². The van der Waals surface area contributed by atoms with Crippen LogP contribution < -0.4 is 10.1 Å². The molecule has 0 aliphatic heterocycles. The van der Waals surface area contributed by atoms with Gasteiger partial charge in [0.1, 0.15) is 5.75 Å². The van der Waals surface area contributed by atoms with E-state index >= 15 is 0 Å². The predicted molar refractivity (Wildman–Crippen MR) is 85.7 cm³/mol. The van der Waals surface area contributed by atoms with Crippen LogP contribution in [0.4, 0.5) is 0 Å². The molecule has 0 aliphatic carbocycles. The lowest BCUT2D eigenvalue weighted by atomic mass is 9.89. The molecule has 1 rings (SSSR count). The van der Waals surface area contributed by atoms with Crippen LogP contribution in [0, 0.1) is 11.3 Å². The minimum Gasteiger partial charge on any atom is -0.494 e. The third-order valence-corrected chi connectivity index (χ3v) is 3.49. The Hall–Kier alpha value is -0.540. The van der Waals surface area contributed by atoms with Crippen LogP contribution in [-0.4, -0.2) is 19.7 Å². The molecule has 2 nitrogen and oxygen atoms in total. The molecule has 1 aromatic rings.